The Kier molecular flexibility index (Phi) is 4.52. The average molecular weight is 346 g/mol. The van der Waals surface area contributed by atoms with E-state index in [9.17, 15) is 0 Å². The topological polar surface area (TPSA) is 50.3 Å². The molecule has 1 fully saturated rings. The standard InChI is InChI=1S/C16H18N4OS2/c1-2-14(22-8-1)13(20-4-6-21-7-5-20)10-17-16-15-12(3-9-23-15)18-11-19-16/h1-3,8-9,11,13H,4-7,10H2,(H,17,18,19). The summed E-state index contributed by atoms with van der Waals surface area (Å²) in [6, 6.07) is 6.72. The minimum Gasteiger partial charge on any atom is -0.379 e. The monoisotopic (exact) mass is 346 g/mol. The lowest BCUT2D eigenvalue weighted by molar-refractivity contribution is 0.0194. The van der Waals surface area contributed by atoms with Gasteiger partial charge in [0, 0.05) is 24.5 Å². The SMILES string of the molecule is c1csc(C(CNc2ncnc3ccsc23)N2CCOCC2)c1. The zero-order valence-corrected chi connectivity index (χ0v) is 14.3. The summed E-state index contributed by atoms with van der Waals surface area (Å²) in [5, 5.41) is 7.75. The van der Waals surface area contributed by atoms with Crippen LogP contribution in [-0.2, 0) is 4.74 Å². The van der Waals surface area contributed by atoms with E-state index in [0.717, 1.165) is 48.9 Å². The molecule has 1 aliphatic rings. The largest absolute Gasteiger partial charge is 0.379 e. The molecule has 1 N–H and O–H groups in total. The van der Waals surface area contributed by atoms with Crippen molar-refractivity contribution in [2.45, 2.75) is 6.04 Å². The Morgan fingerprint density at radius 3 is 2.91 bits per heavy atom. The Labute approximate surface area is 142 Å². The van der Waals surface area contributed by atoms with Crippen molar-refractivity contribution in [2.75, 3.05) is 38.2 Å². The Hall–Kier alpha value is -1.54. The highest BCUT2D eigenvalue weighted by molar-refractivity contribution is 7.17. The number of morpholine rings is 1. The first-order chi connectivity index (χ1) is 11.4. The van der Waals surface area contributed by atoms with Crippen LogP contribution in [0.4, 0.5) is 5.82 Å². The molecule has 0 amide bonds. The van der Waals surface area contributed by atoms with Crippen molar-refractivity contribution in [3.63, 3.8) is 0 Å². The fraction of sp³-hybridized carbons (Fsp3) is 0.375. The van der Waals surface area contributed by atoms with E-state index in [1.807, 2.05) is 17.4 Å². The predicted molar refractivity (Wildman–Crippen MR) is 95.4 cm³/mol. The summed E-state index contributed by atoms with van der Waals surface area (Å²) in [6.45, 7) is 4.41. The van der Waals surface area contributed by atoms with E-state index in [4.69, 9.17) is 4.74 Å². The molecule has 0 saturated carbocycles. The van der Waals surface area contributed by atoms with Crippen LogP contribution < -0.4 is 5.32 Å². The molecule has 0 spiro atoms. The average Bonchev–Trinajstić information content (AvgIpc) is 3.28. The Balaban J connectivity index is 1.54. The zero-order chi connectivity index (χ0) is 15.5. The normalized spacial score (nSPS) is 17.4. The van der Waals surface area contributed by atoms with E-state index in [1.54, 1.807) is 17.7 Å². The minimum atomic E-state index is 0.351. The quantitative estimate of drug-likeness (QED) is 0.769. The van der Waals surface area contributed by atoms with Crippen molar-refractivity contribution < 1.29 is 4.74 Å². The van der Waals surface area contributed by atoms with Crippen molar-refractivity contribution in [1.29, 1.82) is 0 Å². The molecular weight excluding hydrogens is 328 g/mol. The van der Waals surface area contributed by atoms with Gasteiger partial charge in [0.1, 0.15) is 12.1 Å². The van der Waals surface area contributed by atoms with Crippen LogP contribution in [0, 0.1) is 0 Å². The van der Waals surface area contributed by atoms with Gasteiger partial charge in [-0.25, -0.2) is 9.97 Å². The van der Waals surface area contributed by atoms with Crippen LogP contribution in [0.25, 0.3) is 10.2 Å². The summed E-state index contributed by atoms with van der Waals surface area (Å²) >= 11 is 3.49. The molecule has 23 heavy (non-hydrogen) atoms. The van der Waals surface area contributed by atoms with Gasteiger partial charge in [0.05, 0.1) is 29.5 Å². The van der Waals surface area contributed by atoms with Gasteiger partial charge < -0.3 is 10.1 Å². The third-order valence-corrected chi connectivity index (χ3v) is 5.95. The van der Waals surface area contributed by atoms with E-state index < -0.39 is 0 Å². The Morgan fingerprint density at radius 2 is 2.09 bits per heavy atom. The number of rotatable bonds is 5. The summed E-state index contributed by atoms with van der Waals surface area (Å²) in [6.07, 6.45) is 1.63. The molecule has 0 bridgehead atoms. The van der Waals surface area contributed by atoms with Gasteiger partial charge in [-0.3, -0.25) is 4.90 Å². The summed E-state index contributed by atoms with van der Waals surface area (Å²) in [4.78, 5) is 12.6. The van der Waals surface area contributed by atoms with Crippen LogP contribution in [0.2, 0.25) is 0 Å². The number of ether oxygens (including phenoxy) is 1. The molecule has 3 aromatic rings. The number of anilines is 1. The lowest BCUT2D eigenvalue weighted by Gasteiger charge is -2.34. The fourth-order valence-electron chi connectivity index (χ4n) is 2.89. The number of nitrogens with zero attached hydrogens (tertiary/aromatic N) is 3. The van der Waals surface area contributed by atoms with Gasteiger partial charge in [-0.2, -0.15) is 0 Å². The number of thiophene rings is 2. The highest BCUT2D eigenvalue weighted by atomic mass is 32.1. The van der Waals surface area contributed by atoms with E-state index >= 15 is 0 Å². The molecule has 0 aliphatic carbocycles. The van der Waals surface area contributed by atoms with Gasteiger partial charge in [-0.15, -0.1) is 22.7 Å². The van der Waals surface area contributed by atoms with E-state index in [-0.39, 0.29) is 0 Å². The summed E-state index contributed by atoms with van der Waals surface area (Å²) in [5.74, 6) is 0.930. The van der Waals surface area contributed by atoms with Gasteiger partial charge in [-0.05, 0) is 22.9 Å². The molecule has 0 aromatic carbocycles. The van der Waals surface area contributed by atoms with Crippen LogP contribution in [0.15, 0.2) is 35.3 Å². The second-order valence-electron chi connectivity index (χ2n) is 5.42. The maximum Gasteiger partial charge on any atom is 0.147 e. The van der Waals surface area contributed by atoms with E-state index in [2.05, 4.69) is 43.1 Å². The number of hydrogen-bond acceptors (Lipinski definition) is 7. The maximum absolute atomic E-state index is 5.50. The molecule has 1 atom stereocenters. The Morgan fingerprint density at radius 1 is 1.17 bits per heavy atom. The second-order valence-corrected chi connectivity index (χ2v) is 7.31. The smallest absolute Gasteiger partial charge is 0.147 e. The van der Waals surface area contributed by atoms with Crippen molar-refractivity contribution >= 4 is 38.7 Å². The molecular formula is C16H18N4OS2. The van der Waals surface area contributed by atoms with Crippen LogP contribution in [0.1, 0.15) is 10.9 Å². The van der Waals surface area contributed by atoms with Crippen LogP contribution in [0.3, 0.4) is 0 Å². The van der Waals surface area contributed by atoms with Gasteiger partial charge in [0.15, 0.2) is 0 Å². The van der Waals surface area contributed by atoms with Gasteiger partial charge in [0.25, 0.3) is 0 Å². The minimum absolute atomic E-state index is 0.351. The molecule has 5 nitrogen and oxygen atoms in total. The predicted octanol–water partition coefficient (Wildman–Crippen LogP) is 3.24. The highest BCUT2D eigenvalue weighted by Crippen LogP contribution is 2.29. The molecule has 1 unspecified atom stereocenters. The summed E-state index contributed by atoms with van der Waals surface area (Å²) in [5.41, 5.74) is 1.01. The first-order valence-corrected chi connectivity index (χ1v) is 9.45. The molecule has 1 aliphatic heterocycles. The molecule has 0 radical (unpaired) electrons. The number of aromatic nitrogens is 2. The molecule has 3 aromatic heterocycles. The van der Waals surface area contributed by atoms with E-state index in [0.29, 0.717) is 6.04 Å². The molecule has 4 heterocycles. The van der Waals surface area contributed by atoms with Crippen LogP contribution in [0.5, 0.6) is 0 Å². The van der Waals surface area contributed by atoms with Gasteiger partial charge in [0.2, 0.25) is 0 Å². The molecule has 120 valence electrons. The van der Waals surface area contributed by atoms with Gasteiger partial charge in [-0.1, -0.05) is 6.07 Å². The van der Waals surface area contributed by atoms with Crippen LogP contribution in [-0.4, -0.2) is 47.7 Å². The number of fused-ring (bicyclic) bond motifs is 1. The van der Waals surface area contributed by atoms with Crippen molar-refractivity contribution in [3.8, 4) is 0 Å². The fourth-order valence-corrected chi connectivity index (χ4v) is 4.56. The van der Waals surface area contributed by atoms with E-state index in [1.165, 1.54) is 4.88 Å². The molecule has 1 saturated heterocycles. The first kappa shape index (κ1) is 15.0. The number of hydrogen-bond donors (Lipinski definition) is 1. The third kappa shape index (κ3) is 3.23. The van der Waals surface area contributed by atoms with Crippen molar-refractivity contribution in [1.82, 2.24) is 14.9 Å². The van der Waals surface area contributed by atoms with Gasteiger partial charge >= 0.3 is 0 Å². The lowest BCUT2D eigenvalue weighted by Crippen LogP contribution is -2.41. The Bertz CT molecular complexity index is 752. The third-order valence-electron chi connectivity index (χ3n) is 4.06. The summed E-state index contributed by atoms with van der Waals surface area (Å²) in [7, 11) is 0. The molecule has 4 rings (SSSR count). The first-order valence-electron chi connectivity index (χ1n) is 7.69. The number of nitrogens with one attached hydrogen (secondary N) is 1. The lowest BCUT2D eigenvalue weighted by atomic mass is 10.2. The van der Waals surface area contributed by atoms with Crippen molar-refractivity contribution in [3.05, 3.63) is 40.2 Å². The maximum atomic E-state index is 5.50. The zero-order valence-electron chi connectivity index (χ0n) is 12.6. The highest BCUT2D eigenvalue weighted by Gasteiger charge is 2.23. The second kappa shape index (κ2) is 6.92. The van der Waals surface area contributed by atoms with Crippen molar-refractivity contribution in [2.24, 2.45) is 0 Å². The molecule has 7 heteroatoms. The van der Waals surface area contributed by atoms with Crippen LogP contribution >= 0.6 is 22.7 Å². The summed E-state index contributed by atoms with van der Waals surface area (Å²) < 4.78 is 6.62.